The van der Waals surface area contributed by atoms with Crippen molar-refractivity contribution in [2.45, 2.75) is 38.5 Å². The summed E-state index contributed by atoms with van der Waals surface area (Å²) in [4.78, 5) is 5.16. The van der Waals surface area contributed by atoms with Gasteiger partial charge in [0.25, 0.3) is 0 Å². The van der Waals surface area contributed by atoms with Crippen LogP contribution in [-0.2, 0) is 0 Å². The van der Waals surface area contributed by atoms with Crippen molar-refractivity contribution in [2.24, 2.45) is 0 Å². The van der Waals surface area contributed by atoms with Crippen LogP contribution in [0.1, 0.15) is 38.5 Å². The molecule has 2 aliphatic rings. The molecular formula is C48H40N2O2. The topological polar surface area (TPSA) is 32.8 Å². The fraction of sp³-hybridized carbons (Fsp3) is 0.208. The summed E-state index contributed by atoms with van der Waals surface area (Å²) in [6.07, 6.45) is 7.55. The van der Waals surface area contributed by atoms with E-state index < -0.39 is 0 Å². The van der Waals surface area contributed by atoms with Crippen LogP contribution < -0.4 is 9.80 Å². The lowest BCUT2D eigenvalue weighted by Gasteiger charge is -2.30. The maximum absolute atomic E-state index is 6.77. The zero-order valence-corrected chi connectivity index (χ0v) is 29.3. The van der Waals surface area contributed by atoms with Crippen LogP contribution in [0.15, 0.2) is 130 Å². The summed E-state index contributed by atoms with van der Waals surface area (Å²) in [5, 5.41) is 9.59. The lowest BCUT2D eigenvalue weighted by Crippen LogP contribution is -2.29. The van der Waals surface area contributed by atoms with Gasteiger partial charge < -0.3 is 18.6 Å². The Bertz CT molecular complexity index is 2630. The second kappa shape index (κ2) is 11.9. The van der Waals surface area contributed by atoms with Gasteiger partial charge in [-0.25, -0.2) is 0 Å². The lowest BCUT2D eigenvalue weighted by atomic mass is 9.84. The van der Waals surface area contributed by atoms with E-state index in [0.29, 0.717) is 0 Å². The zero-order valence-electron chi connectivity index (χ0n) is 29.3. The molecule has 0 spiro atoms. The highest BCUT2D eigenvalue weighted by atomic mass is 16.3. The molecule has 4 nitrogen and oxygen atoms in total. The number of fused-ring (bicyclic) bond motifs is 8. The van der Waals surface area contributed by atoms with E-state index in [2.05, 4.69) is 131 Å². The SMILES string of the molecule is c1ccc2c(c1)oc1c(-c3c4ccc(N5CCCCC5)cc4c(-c4cccc5c4oc4ccccc45)c4ccc(N5CCCCC5)cc34)cccc12. The Morgan fingerprint density at radius 3 is 1.23 bits per heavy atom. The maximum atomic E-state index is 6.77. The highest BCUT2D eigenvalue weighted by Gasteiger charge is 2.25. The average Bonchev–Trinajstić information content (AvgIpc) is 3.79. The predicted molar refractivity (Wildman–Crippen MR) is 219 cm³/mol. The number of piperidine rings is 2. The summed E-state index contributed by atoms with van der Waals surface area (Å²) >= 11 is 0. The van der Waals surface area contributed by atoms with E-state index >= 15 is 0 Å². The Morgan fingerprint density at radius 2 is 0.769 bits per heavy atom. The van der Waals surface area contributed by atoms with Gasteiger partial charge in [0.15, 0.2) is 0 Å². The molecule has 0 unspecified atom stereocenters. The first-order chi connectivity index (χ1) is 25.8. The van der Waals surface area contributed by atoms with Gasteiger partial charge in [0.1, 0.15) is 22.3 Å². The molecule has 0 atom stereocenters. The maximum Gasteiger partial charge on any atom is 0.143 e. The Labute approximate surface area is 302 Å². The second-order valence-corrected chi connectivity index (χ2v) is 14.9. The van der Waals surface area contributed by atoms with E-state index in [0.717, 1.165) is 81.2 Å². The third-order valence-electron chi connectivity index (χ3n) is 11.9. The summed E-state index contributed by atoms with van der Waals surface area (Å²) < 4.78 is 13.5. The number of nitrogens with zero attached hydrogens (tertiary/aromatic N) is 2. The molecule has 7 aromatic carbocycles. The molecule has 11 rings (SSSR count). The minimum atomic E-state index is 0.924. The first kappa shape index (κ1) is 29.9. The normalized spacial score (nSPS) is 15.6. The molecule has 0 radical (unpaired) electrons. The molecule has 4 heteroatoms. The fourth-order valence-electron chi connectivity index (χ4n) is 9.37. The first-order valence-electron chi connectivity index (χ1n) is 19.1. The van der Waals surface area contributed by atoms with E-state index in [9.17, 15) is 0 Å². The number of hydrogen-bond donors (Lipinski definition) is 0. The molecule has 0 saturated carbocycles. The summed E-state index contributed by atoms with van der Waals surface area (Å²) in [5.74, 6) is 0. The molecular weight excluding hydrogens is 637 g/mol. The van der Waals surface area contributed by atoms with Gasteiger partial charge in [-0.15, -0.1) is 0 Å². The second-order valence-electron chi connectivity index (χ2n) is 14.9. The Hall–Kier alpha value is -5.74. The molecule has 0 N–H and O–H groups in total. The third kappa shape index (κ3) is 4.60. The van der Waals surface area contributed by atoms with Crippen molar-refractivity contribution >= 4 is 76.8 Å². The van der Waals surface area contributed by atoms with Crippen molar-refractivity contribution in [2.75, 3.05) is 36.0 Å². The zero-order chi connectivity index (χ0) is 34.2. The minimum absolute atomic E-state index is 0.924. The van der Waals surface area contributed by atoms with Crippen molar-refractivity contribution in [1.29, 1.82) is 0 Å². The summed E-state index contributed by atoms with van der Waals surface area (Å²) in [6, 6.07) is 44.7. The number of para-hydroxylation sites is 4. The van der Waals surface area contributed by atoms with Gasteiger partial charge in [-0.3, -0.25) is 0 Å². The van der Waals surface area contributed by atoms with Crippen molar-refractivity contribution in [3.8, 4) is 22.3 Å². The molecule has 2 aliphatic heterocycles. The van der Waals surface area contributed by atoms with Crippen LogP contribution >= 0.6 is 0 Å². The average molecular weight is 677 g/mol. The van der Waals surface area contributed by atoms with E-state index in [1.165, 1.54) is 82.6 Å². The van der Waals surface area contributed by atoms with Crippen LogP contribution in [-0.4, -0.2) is 26.2 Å². The molecule has 52 heavy (non-hydrogen) atoms. The molecule has 254 valence electrons. The smallest absolute Gasteiger partial charge is 0.143 e. The van der Waals surface area contributed by atoms with E-state index in [4.69, 9.17) is 8.83 Å². The van der Waals surface area contributed by atoms with Crippen LogP contribution in [0.25, 0.3) is 87.7 Å². The standard InChI is InChI=1S/C48H40N2O2/c1-7-25-49(26-8-1)31-21-23-35-41(29-31)45(39-17-11-15-37-33-13-3-5-19-43(33)51-47(37)39)36-24-22-32(50-27-9-2-10-28-50)30-42(36)46(35)40-18-12-16-38-34-14-4-6-20-44(34)52-48(38)40/h3-6,11-24,29-30H,1-2,7-10,25-28H2. The quantitative estimate of drug-likeness (QED) is 0.174. The summed E-state index contributed by atoms with van der Waals surface area (Å²) in [7, 11) is 0. The molecule has 2 saturated heterocycles. The van der Waals surface area contributed by atoms with Crippen LogP contribution in [0.2, 0.25) is 0 Å². The predicted octanol–water partition coefficient (Wildman–Crippen LogP) is 13.1. The van der Waals surface area contributed by atoms with Gasteiger partial charge in [-0.1, -0.05) is 84.9 Å². The number of benzene rings is 7. The van der Waals surface area contributed by atoms with Gasteiger partial charge in [-0.05, 0) is 96.5 Å². The monoisotopic (exact) mass is 676 g/mol. The van der Waals surface area contributed by atoms with Gasteiger partial charge in [-0.2, -0.15) is 0 Å². The number of rotatable bonds is 4. The summed E-state index contributed by atoms with van der Waals surface area (Å²) in [6.45, 7) is 4.38. The molecule has 4 heterocycles. The molecule has 9 aromatic rings. The summed E-state index contributed by atoms with van der Waals surface area (Å²) in [5.41, 5.74) is 11.1. The molecule has 2 aromatic heterocycles. The molecule has 0 amide bonds. The largest absolute Gasteiger partial charge is 0.455 e. The van der Waals surface area contributed by atoms with Gasteiger partial charge in [0.05, 0.1) is 0 Å². The number of anilines is 2. The van der Waals surface area contributed by atoms with Gasteiger partial charge >= 0.3 is 0 Å². The molecule has 0 bridgehead atoms. The Balaban J connectivity index is 1.29. The van der Waals surface area contributed by atoms with Crippen LogP contribution in [0.4, 0.5) is 11.4 Å². The third-order valence-corrected chi connectivity index (χ3v) is 11.9. The highest BCUT2D eigenvalue weighted by molar-refractivity contribution is 6.27. The Kier molecular flexibility index (Phi) is 6.86. The fourth-order valence-corrected chi connectivity index (χ4v) is 9.37. The van der Waals surface area contributed by atoms with Gasteiger partial charge in [0, 0.05) is 81.4 Å². The minimum Gasteiger partial charge on any atom is -0.455 e. The van der Waals surface area contributed by atoms with Crippen molar-refractivity contribution < 1.29 is 8.83 Å². The van der Waals surface area contributed by atoms with Crippen molar-refractivity contribution in [1.82, 2.24) is 0 Å². The van der Waals surface area contributed by atoms with E-state index in [-0.39, 0.29) is 0 Å². The van der Waals surface area contributed by atoms with Crippen LogP contribution in [0, 0.1) is 0 Å². The highest BCUT2D eigenvalue weighted by Crippen LogP contribution is 2.50. The molecule has 0 aliphatic carbocycles. The van der Waals surface area contributed by atoms with E-state index in [1.807, 2.05) is 0 Å². The first-order valence-corrected chi connectivity index (χ1v) is 19.1. The van der Waals surface area contributed by atoms with Crippen LogP contribution in [0.5, 0.6) is 0 Å². The Morgan fingerprint density at radius 1 is 0.346 bits per heavy atom. The lowest BCUT2D eigenvalue weighted by molar-refractivity contribution is 0.578. The van der Waals surface area contributed by atoms with Crippen molar-refractivity contribution in [3.05, 3.63) is 121 Å². The van der Waals surface area contributed by atoms with E-state index in [1.54, 1.807) is 0 Å². The number of hydrogen-bond acceptors (Lipinski definition) is 4. The van der Waals surface area contributed by atoms with Crippen molar-refractivity contribution in [3.63, 3.8) is 0 Å². The number of furan rings is 2. The van der Waals surface area contributed by atoms with Crippen LogP contribution in [0.3, 0.4) is 0 Å². The molecule has 2 fully saturated rings. The van der Waals surface area contributed by atoms with Gasteiger partial charge in [0.2, 0.25) is 0 Å².